The number of esters is 1. The van der Waals surface area contributed by atoms with Crippen molar-refractivity contribution in [1.29, 1.82) is 0 Å². The first-order chi connectivity index (χ1) is 9.04. The summed E-state index contributed by atoms with van der Waals surface area (Å²) in [6.07, 6.45) is 0. The Bertz CT molecular complexity index is 591. The van der Waals surface area contributed by atoms with Crippen LogP contribution in [0, 0.1) is 0 Å². The summed E-state index contributed by atoms with van der Waals surface area (Å²) in [7, 11) is 3.37. The molecule has 5 nitrogen and oxygen atoms in total. The Morgan fingerprint density at radius 1 is 1.37 bits per heavy atom. The van der Waals surface area contributed by atoms with Gasteiger partial charge < -0.3 is 9.30 Å². The number of nitrogens with zero attached hydrogens (tertiary/aromatic N) is 2. The summed E-state index contributed by atoms with van der Waals surface area (Å²) in [6.45, 7) is 3.77. The fraction of sp³-hybridized carbons (Fsp3) is 0.429. The van der Waals surface area contributed by atoms with Gasteiger partial charge in [-0.05, 0) is 26.0 Å². The second-order valence-corrected chi connectivity index (χ2v) is 4.65. The predicted octanol–water partition coefficient (Wildman–Crippen LogP) is 1.79. The molecule has 0 aliphatic carbocycles. The summed E-state index contributed by atoms with van der Waals surface area (Å²) in [5.41, 5.74) is 2.04. The Kier molecular flexibility index (Phi) is 3.85. The summed E-state index contributed by atoms with van der Waals surface area (Å²) in [5, 5.41) is 3.19. The monoisotopic (exact) mass is 261 g/mol. The number of nitrogens with one attached hydrogen (secondary N) is 1. The van der Waals surface area contributed by atoms with E-state index in [2.05, 4.69) is 10.3 Å². The smallest absolute Gasteiger partial charge is 0.322 e. The van der Waals surface area contributed by atoms with Crippen LogP contribution < -0.4 is 5.32 Å². The summed E-state index contributed by atoms with van der Waals surface area (Å²) in [5.74, 6) is 0.627. The van der Waals surface area contributed by atoms with E-state index in [0.29, 0.717) is 0 Å². The zero-order chi connectivity index (χ0) is 14.0. The van der Waals surface area contributed by atoms with Gasteiger partial charge in [-0.15, -0.1) is 0 Å². The highest BCUT2D eigenvalue weighted by molar-refractivity contribution is 5.76. The third-order valence-electron chi connectivity index (χ3n) is 3.26. The van der Waals surface area contributed by atoms with Crippen LogP contribution in [0.4, 0.5) is 0 Å². The van der Waals surface area contributed by atoms with Gasteiger partial charge >= 0.3 is 5.97 Å². The predicted molar refractivity (Wildman–Crippen MR) is 73.7 cm³/mol. The lowest BCUT2D eigenvalue weighted by molar-refractivity contribution is -0.142. The van der Waals surface area contributed by atoms with E-state index in [4.69, 9.17) is 4.74 Å². The van der Waals surface area contributed by atoms with Crippen LogP contribution in [0.3, 0.4) is 0 Å². The first-order valence-corrected chi connectivity index (χ1v) is 6.29. The molecule has 2 atom stereocenters. The highest BCUT2D eigenvalue weighted by atomic mass is 16.5. The molecule has 102 valence electrons. The van der Waals surface area contributed by atoms with Crippen LogP contribution in [0.5, 0.6) is 0 Å². The van der Waals surface area contributed by atoms with Crippen LogP contribution in [-0.2, 0) is 16.6 Å². The summed E-state index contributed by atoms with van der Waals surface area (Å²) in [4.78, 5) is 16.0. The van der Waals surface area contributed by atoms with Crippen molar-refractivity contribution in [3.8, 4) is 0 Å². The van der Waals surface area contributed by atoms with Gasteiger partial charge in [-0.1, -0.05) is 12.1 Å². The van der Waals surface area contributed by atoms with E-state index in [0.717, 1.165) is 16.9 Å². The molecule has 0 aliphatic rings. The zero-order valence-electron chi connectivity index (χ0n) is 11.7. The number of para-hydroxylation sites is 2. The second kappa shape index (κ2) is 5.40. The fourth-order valence-corrected chi connectivity index (χ4v) is 2.25. The summed E-state index contributed by atoms with van der Waals surface area (Å²) < 4.78 is 6.75. The number of hydrogen-bond acceptors (Lipinski definition) is 4. The molecule has 2 unspecified atom stereocenters. The van der Waals surface area contributed by atoms with Gasteiger partial charge in [0.15, 0.2) is 0 Å². The summed E-state index contributed by atoms with van der Waals surface area (Å²) in [6, 6.07) is 7.57. The van der Waals surface area contributed by atoms with E-state index >= 15 is 0 Å². The number of fused-ring (bicyclic) bond motifs is 1. The molecule has 5 heteroatoms. The molecule has 1 aromatic carbocycles. The maximum Gasteiger partial charge on any atom is 0.322 e. The molecule has 2 aromatic rings. The van der Waals surface area contributed by atoms with Crippen molar-refractivity contribution >= 4 is 17.0 Å². The van der Waals surface area contributed by atoms with Crippen LogP contribution in [0.1, 0.15) is 25.7 Å². The van der Waals surface area contributed by atoms with E-state index in [1.54, 1.807) is 6.92 Å². The van der Waals surface area contributed by atoms with Gasteiger partial charge in [-0.3, -0.25) is 10.1 Å². The van der Waals surface area contributed by atoms with Crippen molar-refractivity contribution in [2.45, 2.75) is 25.9 Å². The van der Waals surface area contributed by atoms with Crippen molar-refractivity contribution in [2.24, 2.45) is 7.05 Å². The lowest BCUT2D eigenvalue weighted by Crippen LogP contribution is -2.37. The maximum absolute atomic E-state index is 11.4. The molecule has 1 aromatic heterocycles. The zero-order valence-corrected chi connectivity index (χ0v) is 11.7. The number of benzene rings is 1. The molecule has 0 aliphatic heterocycles. The normalized spacial score (nSPS) is 14.3. The van der Waals surface area contributed by atoms with E-state index in [1.165, 1.54) is 7.11 Å². The number of hydrogen-bond donors (Lipinski definition) is 1. The molecule has 1 N–H and O–H groups in total. The Balaban J connectivity index is 2.24. The minimum atomic E-state index is -0.361. The van der Waals surface area contributed by atoms with Crippen molar-refractivity contribution in [3.63, 3.8) is 0 Å². The van der Waals surface area contributed by atoms with Crippen molar-refractivity contribution in [3.05, 3.63) is 30.1 Å². The SMILES string of the molecule is COC(=O)C(C)NC(C)c1nc2ccccc2n1C. The van der Waals surface area contributed by atoms with Crippen molar-refractivity contribution < 1.29 is 9.53 Å². The molecule has 0 radical (unpaired) electrons. The number of aryl methyl sites for hydroxylation is 1. The van der Waals surface area contributed by atoms with E-state index in [-0.39, 0.29) is 18.1 Å². The van der Waals surface area contributed by atoms with Crippen LogP contribution in [0.15, 0.2) is 24.3 Å². The topological polar surface area (TPSA) is 56.1 Å². The first-order valence-electron chi connectivity index (χ1n) is 6.29. The Morgan fingerprint density at radius 3 is 2.68 bits per heavy atom. The van der Waals surface area contributed by atoms with Gasteiger partial charge in [0.05, 0.1) is 24.2 Å². The van der Waals surface area contributed by atoms with Gasteiger partial charge in [0.1, 0.15) is 11.9 Å². The van der Waals surface area contributed by atoms with E-state index < -0.39 is 0 Å². The van der Waals surface area contributed by atoms with Gasteiger partial charge in [0.2, 0.25) is 0 Å². The molecule has 0 saturated heterocycles. The van der Waals surface area contributed by atoms with Crippen LogP contribution in [-0.4, -0.2) is 28.7 Å². The molecular formula is C14H19N3O2. The molecule has 0 saturated carbocycles. The first kappa shape index (κ1) is 13.5. The van der Waals surface area contributed by atoms with Crippen LogP contribution >= 0.6 is 0 Å². The fourth-order valence-electron chi connectivity index (χ4n) is 2.25. The summed E-state index contributed by atoms with van der Waals surface area (Å²) >= 11 is 0. The average Bonchev–Trinajstić information content (AvgIpc) is 2.75. The molecule has 0 spiro atoms. The maximum atomic E-state index is 11.4. The van der Waals surface area contributed by atoms with Gasteiger partial charge in [0, 0.05) is 7.05 Å². The number of methoxy groups -OCH3 is 1. The Hall–Kier alpha value is -1.88. The molecular weight excluding hydrogens is 242 g/mol. The number of imidazole rings is 1. The Labute approximate surface area is 112 Å². The van der Waals surface area contributed by atoms with Crippen molar-refractivity contribution in [1.82, 2.24) is 14.9 Å². The molecule has 0 amide bonds. The minimum Gasteiger partial charge on any atom is -0.468 e. The lowest BCUT2D eigenvalue weighted by Gasteiger charge is -2.18. The Morgan fingerprint density at radius 2 is 2.05 bits per heavy atom. The number of ether oxygens (including phenoxy) is 1. The largest absolute Gasteiger partial charge is 0.468 e. The number of carbonyl (C=O) groups excluding carboxylic acids is 1. The molecule has 2 rings (SSSR count). The van der Waals surface area contributed by atoms with E-state index in [9.17, 15) is 4.79 Å². The second-order valence-electron chi connectivity index (χ2n) is 4.65. The molecule has 1 heterocycles. The average molecular weight is 261 g/mol. The lowest BCUT2D eigenvalue weighted by atomic mass is 10.2. The van der Waals surface area contributed by atoms with Gasteiger partial charge in [0.25, 0.3) is 0 Å². The third-order valence-corrected chi connectivity index (χ3v) is 3.26. The molecule has 19 heavy (non-hydrogen) atoms. The van der Waals surface area contributed by atoms with Crippen molar-refractivity contribution in [2.75, 3.05) is 7.11 Å². The number of carbonyl (C=O) groups is 1. The number of aromatic nitrogens is 2. The highest BCUT2D eigenvalue weighted by Crippen LogP contribution is 2.19. The molecule has 0 fully saturated rings. The van der Waals surface area contributed by atoms with Crippen LogP contribution in [0.25, 0.3) is 11.0 Å². The van der Waals surface area contributed by atoms with E-state index in [1.807, 2.05) is 42.8 Å². The minimum absolute atomic E-state index is 0.0356. The third kappa shape index (κ3) is 2.61. The standard InChI is InChI=1S/C14H19N3O2/c1-9(15-10(2)14(18)19-4)13-16-11-7-5-6-8-12(11)17(13)3/h5-10,15H,1-4H3. The van der Waals surface area contributed by atoms with Gasteiger partial charge in [-0.2, -0.15) is 0 Å². The highest BCUT2D eigenvalue weighted by Gasteiger charge is 2.20. The van der Waals surface area contributed by atoms with Gasteiger partial charge in [-0.25, -0.2) is 4.98 Å². The van der Waals surface area contributed by atoms with Crippen LogP contribution in [0.2, 0.25) is 0 Å². The number of rotatable bonds is 4. The quantitative estimate of drug-likeness (QED) is 0.852. The molecule has 0 bridgehead atoms.